The van der Waals surface area contributed by atoms with E-state index in [1.165, 1.54) is 5.56 Å². The van der Waals surface area contributed by atoms with E-state index in [0.29, 0.717) is 0 Å². The lowest BCUT2D eigenvalue weighted by Crippen LogP contribution is -2.21. The Hall–Kier alpha value is -2.00. The fourth-order valence-corrected chi connectivity index (χ4v) is 2.09. The molecule has 2 N–H and O–H groups in total. The van der Waals surface area contributed by atoms with E-state index in [4.69, 9.17) is 10.5 Å². The topological polar surface area (TPSA) is 38.5 Å². The van der Waals surface area contributed by atoms with Crippen molar-refractivity contribution in [2.75, 3.05) is 25.9 Å². The van der Waals surface area contributed by atoms with E-state index in [-0.39, 0.29) is 0 Å². The van der Waals surface area contributed by atoms with Crippen LogP contribution in [-0.2, 0) is 6.54 Å². The maximum atomic E-state index is 5.95. The Labute approximate surface area is 121 Å². The number of nitrogens with zero attached hydrogens (tertiary/aromatic N) is 1. The first-order valence-corrected chi connectivity index (χ1v) is 6.95. The normalized spacial score (nSPS) is 10.7. The smallest absolute Gasteiger partial charge is 0.119 e. The van der Waals surface area contributed by atoms with Gasteiger partial charge in [-0.25, -0.2) is 0 Å². The van der Waals surface area contributed by atoms with E-state index < -0.39 is 0 Å². The average molecular weight is 270 g/mol. The predicted octanol–water partition coefficient (Wildman–Crippen LogP) is 3.17. The summed E-state index contributed by atoms with van der Waals surface area (Å²) in [5.41, 5.74) is 7.99. The highest BCUT2D eigenvalue weighted by Gasteiger charge is 2.03. The van der Waals surface area contributed by atoms with Gasteiger partial charge in [-0.05, 0) is 37.2 Å². The van der Waals surface area contributed by atoms with Gasteiger partial charge >= 0.3 is 0 Å². The number of hydrogen-bond donors (Lipinski definition) is 1. The molecule has 3 nitrogen and oxygen atoms in total. The Bertz CT molecular complexity index is 513. The molecule has 3 heteroatoms. The minimum absolute atomic E-state index is 0.735. The molecule has 0 saturated heterocycles. The Morgan fingerprint density at radius 1 is 1.00 bits per heavy atom. The van der Waals surface area contributed by atoms with Gasteiger partial charge in [-0.1, -0.05) is 36.4 Å². The predicted molar refractivity (Wildman–Crippen MR) is 83.7 cm³/mol. The number of hydrogen-bond acceptors (Lipinski definition) is 3. The van der Waals surface area contributed by atoms with Crippen molar-refractivity contribution < 1.29 is 4.74 Å². The van der Waals surface area contributed by atoms with Gasteiger partial charge in [0.05, 0.1) is 6.61 Å². The molecule has 0 radical (unpaired) electrons. The third-order valence-electron chi connectivity index (χ3n) is 3.19. The number of benzene rings is 2. The summed E-state index contributed by atoms with van der Waals surface area (Å²) in [6, 6.07) is 17.9. The summed E-state index contributed by atoms with van der Waals surface area (Å²) < 4.78 is 5.68. The van der Waals surface area contributed by atoms with Crippen molar-refractivity contribution >= 4 is 5.69 Å². The highest BCUT2D eigenvalue weighted by molar-refractivity contribution is 5.46. The molecule has 2 aromatic carbocycles. The van der Waals surface area contributed by atoms with E-state index in [2.05, 4.69) is 18.0 Å². The third-order valence-corrected chi connectivity index (χ3v) is 3.19. The van der Waals surface area contributed by atoms with Gasteiger partial charge in [0, 0.05) is 18.8 Å². The summed E-state index contributed by atoms with van der Waals surface area (Å²) in [4.78, 5) is 2.26. The van der Waals surface area contributed by atoms with E-state index in [1.54, 1.807) is 0 Å². The lowest BCUT2D eigenvalue weighted by molar-refractivity contribution is 0.259. The molecular formula is C17H22N2O. The molecule has 0 heterocycles. The molecule has 0 saturated carbocycles. The lowest BCUT2D eigenvalue weighted by atomic mass is 10.1. The summed E-state index contributed by atoms with van der Waals surface area (Å²) in [5, 5.41) is 0. The number of anilines is 1. The van der Waals surface area contributed by atoms with Crippen molar-refractivity contribution in [3.63, 3.8) is 0 Å². The van der Waals surface area contributed by atoms with Gasteiger partial charge in [-0.2, -0.15) is 0 Å². The largest absolute Gasteiger partial charge is 0.494 e. The first-order chi connectivity index (χ1) is 9.75. The summed E-state index contributed by atoms with van der Waals surface area (Å²) in [6.45, 7) is 2.60. The first kappa shape index (κ1) is 14.4. The third kappa shape index (κ3) is 4.59. The molecule has 106 valence electrons. The van der Waals surface area contributed by atoms with Crippen LogP contribution in [0.5, 0.6) is 5.75 Å². The van der Waals surface area contributed by atoms with Crippen molar-refractivity contribution in [1.82, 2.24) is 4.90 Å². The second-order valence-electron chi connectivity index (χ2n) is 4.95. The SMILES string of the molecule is CN(CCCOc1ccccc1)Cc1ccccc1N. The van der Waals surface area contributed by atoms with Gasteiger partial charge in [0.2, 0.25) is 0 Å². The van der Waals surface area contributed by atoms with Crippen LogP contribution in [0.3, 0.4) is 0 Å². The van der Waals surface area contributed by atoms with Crippen LogP contribution < -0.4 is 10.5 Å². The van der Waals surface area contributed by atoms with Crippen LogP contribution >= 0.6 is 0 Å². The molecule has 0 fully saturated rings. The minimum atomic E-state index is 0.735. The van der Waals surface area contributed by atoms with Crippen LogP contribution in [0.1, 0.15) is 12.0 Å². The van der Waals surface area contributed by atoms with Gasteiger partial charge in [-0.15, -0.1) is 0 Å². The quantitative estimate of drug-likeness (QED) is 0.620. The number of nitrogen functional groups attached to an aromatic ring is 1. The summed E-state index contributed by atoms with van der Waals surface area (Å²) in [6.07, 6.45) is 0.998. The molecule has 0 bridgehead atoms. The zero-order valence-electron chi connectivity index (χ0n) is 12.0. The summed E-state index contributed by atoms with van der Waals surface area (Å²) in [7, 11) is 2.11. The zero-order valence-corrected chi connectivity index (χ0v) is 12.0. The molecule has 0 aliphatic carbocycles. The first-order valence-electron chi connectivity index (χ1n) is 6.95. The molecule has 20 heavy (non-hydrogen) atoms. The van der Waals surface area contributed by atoms with Crippen molar-refractivity contribution in [2.45, 2.75) is 13.0 Å². The number of para-hydroxylation sites is 2. The standard InChI is InChI=1S/C17H22N2O/c1-19(14-15-8-5-6-11-17(15)18)12-7-13-20-16-9-3-2-4-10-16/h2-6,8-11H,7,12-14,18H2,1H3. The molecule has 0 aliphatic rings. The van der Waals surface area contributed by atoms with Gasteiger partial charge < -0.3 is 15.4 Å². The molecule has 0 aromatic heterocycles. The maximum Gasteiger partial charge on any atom is 0.119 e. The van der Waals surface area contributed by atoms with E-state index in [1.807, 2.05) is 48.5 Å². The Morgan fingerprint density at radius 2 is 1.70 bits per heavy atom. The average Bonchev–Trinajstić information content (AvgIpc) is 2.47. The van der Waals surface area contributed by atoms with Crippen molar-refractivity contribution in [2.24, 2.45) is 0 Å². The summed E-state index contributed by atoms with van der Waals surface area (Å²) >= 11 is 0. The van der Waals surface area contributed by atoms with Crippen molar-refractivity contribution in [1.29, 1.82) is 0 Å². The van der Waals surface area contributed by atoms with Crippen LogP contribution in [-0.4, -0.2) is 25.1 Å². The second kappa shape index (κ2) is 7.56. The van der Waals surface area contributed by atoms with Crippen molar-refractivity contribution in [3.05, 3.63) is 60.2 Å². The maximum absolute atomic E-state index is 5.95. The molecule has 0 amide bonds. The van der Waals surface area contributed by atoms with Crippen LogP contribution in [0.25, 0.3) is 0 Å². The number of nitrogens with two attached hydrogens (primary N) is 1. The van der Waals surface area contributed by atoms with E-state index in [9.17, 15) is 0 Å². The second-order valence-corrected chi connectivity index (χ2v) is 4.95. The fourth-order valence-electron chi connectivity index (χ4n) is 2.09. The van der Waals surface area contributed by atoms with Gasteiger partial charge in [0.1, 0.15) is 5.75 Å². The molecule has 0 spiro atoms. The molecular weight excluding hydrogens is 248 g/mol. The Morgan fingerprint density at radius 3 is 2.45 bits per heavy atom. The van der Waals surface area contributed by atoms with Crippen LogP contribution in [0.4, 0.5) is 5.69 Å². The van der Waals surface area contributed by atoms with Crippen molar-refractivity contribution in [3.8, 4) is 5.75 Å². The minimum Gasteiger partial charge on any atom is -0.494 e. The van der Waals surface area contributed by atoms with Crippen LogP contribution in [0.15, 0.2) is 54.6 Å². The Balaban J connectivity index is 1.68. The molecule has 0 aliphatic heterocycles. The zero-order chi connectivity index (χ0) is 14.2. The fraction of sp³-hybridized carbons (Fsp3) is 0.294. The molecule has 2 rings (SSSR count). The van der Waals surface area contributed by atoms with E-state index >= 15 is 0 Å². The van der Waals surface area contributed by atoms with E-state index in [0.717, 1.165) is 37.6 Å². The van der Waals surface area contributed by atoms with Crippen LogP contribution in [0.2, 0.25) is 0 Å². The summed E-state index contributed by atoms with van der Waals surface area (Å²) in [5.74, 6) is 0.933. The molecule has 2 aromatic rings. The lowest BCUT2D eigenvalue weighted by Gasteiger charge is -2.17. The highest BCUT2D eigenvalue weighted by Crippen LogP contribution is 2.13. The Kier molecular flexibility index (Phi) is 5.44. The highest BCUT2D eigenvalue weighted by atomic mass is 16.5. The number of ether oxygens (including phenoxy) is 1. The number of rotatable bonds is 7. The monoisotopic (exact) mass is 270 g/mol. The van der Waals surface area contributed by atoms with Gasteiger partial charge in [-0.3, -0.25) is 0 Å². The molecule has 0 atom stereocenters. The molecule has 0 unspecified atom stereocenters. The van der Waals surface area contributed by atoms with Gasteiger partial charge in [0.25, 0.3) is 0 Å². The van der Waals surface area contributed by atoms with Gasteiger partial charge in [0.15, 0.2) is 0 Å². The van der Waals surface area contributed by atoms with Crippen LogP contribution in [0, 0.1) is 0 Å².